The number of halogens is 5. The van der Waals surface area contributed by atoms with Gasteiger partial charge in [-0.3, -0.25) is 0 Å². The molecule has 4 nitrogen and oxygen atoms in total. The first kappa shape index (κ1) is 13.0. The predicted molar refractivity (Wildman–Crippen MR) is 45.0 cm³/mol. The molecule has 0 radical (unpaired) electrons. The van der Waals surface area contributed by atoms with Crippen molar-refractivity contribution >= 4 is 5.69 Å². The van der Waals surface area contributed by atoms with E-state index in [-0.39, 0.29) is 0 Å². The molecule has 0 fully saturated rings. The molecule has 0 saturated heterocycles. The minimum absolute atomic E-state index is 0.536. The maximum atomic E-state index is 12.4. The average molecular weight is 253 g/mol. The van der Waals surface area contributed by atoms with Crippen LogP contribution in [0.2, 0.25) is 0 Å². The number of nitrogens with two attached hydrogens (primary N) is 1. The molecule has 1 aromatic rings. The first-order valence-electron chi connectivity index (χ1n) is 3.99. The molecule has 0 saturated carbocycles. The Kier molecular flexibility index (Phi) is 3.36. The van der Waals surface area contributed by atoms with Crippen LogP contribution in [0.25, 0.3) is 0 Å². The van der Waals surface area contributed by atoms with E-state index in [1.165, 1.54) is 6.07 Å². The molecule has 1 rings (SSSR count). The van der Waals surface area contributed by atoms with Gasteiger partial charge in [-0.1, -0.05) is 0 Å². The number of hydrogen-bond acceptors (Lipinski definition) is 4. The highest BCUT2D eigenvalue weighted by Gasteiger charge is 2.33. The van der Waals surface area contributed by atoms with Crippen LogP contribution in [0.4, 0.5) is 27.6 Å². The fourth-order valence-corrected chi connectivity index (χ4v) is 0.980. The fraction of sp³-hybridized carbons (Fsp3) is 0.250. The summed E-state index contributed by atoms with van der Waals surface area (Å²) >= 11 is 0. The largest absolute Gasteiger partial charge is 0.574 e. The standard InChI is InChI=1S/C8H4F5N3O/c9-7(10)6-5(15)3(2-14)1-4(16-6)17-8(11,12)13/h1,7H,15H2. The van der Waals surface area contributed by atoms with E-state index in [2.05, 4.69) is 9.72 Å². The predicted octanol–water partition coefficient (Wildman–Crippen LogP) is 2.37. The first-order valence-corrected chi connectivity index (χ1v) is 3.99. The van der Waals surface area contributed by atoms with Crippen molar-refractivity contribution in [3.63, 3.8) is 0 Å². The number of aromatic nitrogens is 1. The molecule has 2 N–H and O–H groups in total. The number of ether oxygens (including phenoxy) is 1. The summed E-state index contributed by atoms with van der Waals surface area (Å²) in [7, 11) is 0. The van der Waals surface area contributed by atoms with E-state index in [4.69, 9.17) is 11.0 Å². The van der Waals surface area contributed by atoms with E-state index in [1.54, 1.807) is 0 Å². The normalized spacial score (nSPS) is 11.4. The van der Waals surface area contributed by atoms with E-state index in [0.29, 0.717) is 6.07 Å². The summed E-state index contributed by atoms with van der Waals surface area (Å²) in [5.74, 6) is -1.15. The van der Waals surface area contributed by atoms with Crippen molar-refractivity contribution in [2.75, 3.05) is 5.73 Å². The molecule has 0 aliphatic rings. The van der Waals surface area contributed by atoms with Gasteiger partial charge in [-0.2, -0.15) is 5.26 Å². The first-order chi connectivity index (χ1) is 7.74. The molecule has 1 aromatic heterocycles. The van der Waals surface area contributed by atoms with Gasteiger partial charge in [0.15, 0.2) is 0 Å². The number of nitriles is 1. The topological polar surface area (TPSA) is 71.9 Å². The molecule has 0 aromatic carbocycles. The second kappa shape index (κ2) is 4.40. The Hall–Kier alpha value is -2.11. The SMILES string of the molecule is N#Cc1cc(OC(F)(F)F)nc(C(F)F)c1N. The van der Waals surface area contributed by atoms with Gasteiger partial charge in [0.2, 0.25) is 5.88 Å². The lowest BCUT2D eigenvalue weighted by molar-refractivity contribution is -0.276. The van der Waals surface area contributed by atoms with E-state index >= 15 is 0 Å². The third-order valence-electron chi connectivity index (χ3n) is 1.61. The molecule has 0 unspecified atom stereocenters. The Morgan fingerprint density at radius 2 is 2.00 bits per heavy atom. The van der Waals surface area contributed by atoms with Gasteiger partial charge in [-0.05, 0) is 0 Å². The van der Waals surface area contributed by atoms with Gasteiger partial charge in [-0.25, -0.2) is 13.8 Å². The lowest BCUT2D eigenvalue weighted by atomic mass is 10.2. The highest BCUT2D eigenvalue weighted by atomic mass is 19.4. The molecule has 17 heavy (non-hydrogen) atoms. The third-order valence-corrected chi connectivity index (χ3v) is 1.61. The van der Waals surface area contributed by atoms with Crippen molar-refractivity contribution in [1.82, 2.24) is 4.98 Å². The monoisotopic (exact) mass is 253 g/mol. The summed E-state index contributed by atoms with van der Waals surface area (Å²) in [4.78, 5) is 2.90. The highest BCUT2D eigenvalue weighted by molar-refractivity contribution is 5.58. The maximum Gasteiger partial charge on any atom is 0.574 e. The number of pyridine rings is 1. The van der Waals surface area contributed by atoms with Gasteiger partial charge < -0.3 is 10.5 Å². The average Bonchev–Trinajstić information content (AvgIpc) is 2.17. The van der Waals surface area contributed by atoms with Crippen LogP contribution in [-0.2, 0) is 0 Å². The van der Waals surface area contributed by atoms with Gasteiger partial charge in [0.05, 0.1) is 11.3 Å². The van der Waals surface area contributed by atoms with Crippen LogP contribution in [0.5, 0.6) is 5.88 Å². The fourth-order valence-electron chi connectivity index (χ4n) is 0.980. The summed E-state index contributed by atoms with van der Waals surface area (Å²) in [5.41, 5.74) is 2.77. The Balaban J connectivity index is 3.27. The summed E-state index contributed by atoms with van der Waals surface area (Å²) < 4.78 is 63.6. The van der Waals surface area contributed by atoms with Crippen molar-refractivity contribution < 1.29 is 26.7 Å². The summed E-state index contributed by atoms with van der Waals surface area (Å²) in [6.45, 7) is 0. The van der Waals surface area contributed by atoms with Crippen LogP contribution in [0.3, 0.4) is 0 Å². The Morgan fingerprint density at radius 3 is 2.41 bits per heavy atom. The van der Waals surface area contributed by atoms with Gasteiger partial charge in [0.1, 0.15) is 11.8 Å². The number of rotatable bonds is 2. The molecule has 0 atom stereocenters. The zero-order valence-electron chi connectivity index (χ0n) is 7.92. The van der Waals surface area contributed by atoms with Crippen LogP contribution in [-0.4, -0.2) is 11.3 Å². The van der Waals surface area contributed by atoms with E-state index in [0.717, 1.165) is 0 Å². The Bertz CT molecular complexity index is 465. The number of nitrogen functional groups attached to an aromatic ring is 1. The summed E-state index contributed by atoms with van der Waals surface area (Å²) in [5, 5.41) is 8.51. The van der Waals surface area contributed by atoms with E-state index < -0.39 is 35.6 Å². The second-order valence-electron chi connectivity index (χ2n) is 2.77. The highest BCUT2D eigenvalue weighted by Crippen LogP contribution is 2.30. The number of nitrogens with zero attached hydrogens (tertiary/aromatic N) is 2. The van der Waals surface area contributed by atoms with Crippen molar-refractivity contribution in [1.29, 1.82) is 5.26 Å². The Morgan fingerprint density at radius 1 is 1.41 bits per heavy atom. The minimum atomic E-state index is -5.09. The van der Waals surface area contributed by atoms with E-state index in [1.807, 2.05) is 0 Å². The third kappa shape index (κ3) is 3.17. The number of hydrogen-bond donors (Lipinski definition) is 1. The van der Waals surface area contributed by atoms with Gasteiger partial charge in [-0.15, -0.1) is 13.2 Å². The molecule has 1 heterocycles. The molecule has 0 aliphatic heterocycles. The maximum absolute atomic E-state index is 12.4. The van der Waals surface area contributed by atoms with Crippen LogP contribution in [0.15, 0.2) is 6.07 Å². The lowest BCUT2D eigenvalue weighted by Gasteiger charge is -2.11. The Labute approximate surface area is 91.4 Å². The molecule has 0 spiro atoms. The molecule has 0 aliphatic carbocycles. The van der Waals surface area contributed by atoms with Crippen molar-refractivity contribution in [2.24, 2.45) is 0 Å². The molecule has 0 amide bonds. The molecule has 0 bridgehead atoms. The van der Waals surface area contributed by atoms with Crippen LogP contribution in [0, 0.1) is 11.3 Å². The summed E-state index contributed by atoms with van der Waals surface area (Å²) in [6.07, 6.45) is -8.30. The molecule has 92 valence electrons. The zero-order chi connectivity index (χ0) is 13.2. The number of alkyl halides is 5. The smallest absolute Gasteiger partial charge is 0.396 e. The van der Waals surface area contributed by atoms with Crippen LogP contribution < -0.4 is 10.5 Å². The summed E-state index contributed by atoms with van der Waals surface area (Å²) in [6, 6.07) is 1.91. The second-order valence-corrected chi connectivity index (χ2v) is 2.77. The number of anilines is 1. The van der Waals surface area contributed by atoms with Crippen molar-refractivity contribution in [3.05, 3.63) is 17.3 Å². The van der Waals surface area contributed by atoms with E-state index in [9.17, 15) is 22.0 Å². The minimum Gasteiger partial charge on any atom is -0.396 e. The van der Waals surface area contributed by atoms with Crippen LogP contribution >= 0.6 is 0 Å². The van der Waals surface area contributed by atoms with Crippen LogP contribution in [0.1, 0.15) is 17.7 Å². The van der Waals surface area contributed by atoms with Crippen molar-refractivity contribution in [3.8, 4) is 11.9 Å². The molecular weight excluding hydrogens is 249 g/mol. The lowest BCUT2D eigenvalue weighted by Crippen LogP contribution is -2.19. The zero-order valence-corrected chi connectivity index (χ0v) is 7.92. The van der Waals surface area contributed by atoms with Gasteiger partial charge in [0.25, 0.3) is 6.43 Å². The van der Waals surface area contributed by atoms with Gasteiger partial charge >= 0.3 is 6.36 Å². The van der Waals surface area contributed by atoms with Crippen molar-refractivity contribution in [2.45, 2.75) is 12.8 Å². The van der Waals surface area contributed by atoms with Gasteiger partial charge in [0, 0.05) is 6.07 Å². The quantitative estimate of drug-likeness (QED) is 0.821. The molecular formula is C8H4F5N3O. The molecule has 9 heteroatoms.